The van der Waals surface area contributed by atoms with Crippen LogP contribution in [0.5, 0.6) is 0 Å². The molecule has 0 spiro atoms. The highest BCUT2D eigenvalue weighted by Gasteiger charge is 2.48. The Labute approximate surface area is 97.4 Å². The van der Waals surface area contributed by atoms with Gasteiger partial charge >= 0.3 is 5.97 Å². The fourth-order valence-corrected chi connectivity index (χ4v) is 2.67. The SMILES string of the molecule is Cl.[2H][C@]1(C(=O)OC)[C@@H](O)C[C@@H]2CC[C@H]1N2C. The molecule has 2 aliphatic rings. The van der Waals surface area contributed by atoms with Crippen LogP contribution in [0.25, 0.3) is 0 Å². The van der Waals surface area contributed by atoms with Gasteiger partial charge in [-0.3, -0.25) is 9.69 Å². The van der Waals surface area contributed by atoms with Gasteiger partial charge in [-0.05, 0) is 26.3 Å². The Kier molecular flexibility index (Phi) is 3.49. The van der Waals surface area contributed by atoms with Crippen molar-refractivity contribution >= 4 is 18.4 Å². The van der Waals surface area contributed by atoms with Gasteiger partial charge in [0.25, 0.3) is 0 Å². The smallest absolute Gasteiger partial charge is 0.312 e. The van der Waals surface area contributed by atoms with Gasteiger partial charge in [0.1, 0.15) is 0 Å². The number of rotatable bonds is 1. The van der Waals surface area contributed by atoms with Crippen molar-refractivity contribution in [1.82, 2.24) is 4.90 Å². The number of hydrogen-bond donors (Lipinski definition) is 1. The van der Waals surface area contributed by atoms with Crippen molar-refractivity contribution in [1.29, 1.82) is 0 Å². The van der Waals surface area contributed by atoms with Gasteiger partial charge in [0.15, 0.2) is 0 Å². The Bertz CT molecular complexity index is 291. The third-order valence-corrected chi connectivity index (χ3v) is 3.48. The maximum absolute atomic E-state index is 11.6. The molecular weight excluding hydrogens is 218 g/mol. The summed E-state index contributed by atoms with van der Waals surface area (Å²) >= 11 is 0. The van der Waals surface area contributed by atoms with Crippen molar-refractivity contribution < 1.29 is 16.0 Å². The van der Waals surface area contributed by atoms with Crippen molar-refractivity contribution in [2.75, 3.05) is 14.2 Å². The molecule has 2 rings (SSSR count). The number of carbonyl (C=O) groups is 1. The molecule has 0 aromatic heterocycles. The molecule has 0 saturated carbocycles. The van der Waals surface area contributed by atoms with E-state index in [9.17, 15) is 9.90 Å². The molecule has 0 aliphatic carbocycles. The van der Waals surface area contributed by atoms with Gasteiger partial charge < -0.3 is 9.84 Å². The number of hydrogen-bond acceptors (Lipinski definition) is 4. The monoisotopic (exact) mass is 236 g/mol. The molecule has 1 N–H and O–H groups in total. The van der Waals surface area contributed by atoms with E-state index < -0.39 is 18.0 Å². The number of esters is 1. The molecule has 2 aliphatic heterocycles. The molecule has 2 heterocycles. The Morgan fingerprint density at radius 3 is 2.87 bits per heavy atom. The molecule has 0 amide bonds. The minimum atomic E-state index is -1.50. The van der Waals surface area contributed by atoms with Crippen LogP contribution in [0.1, 0.15) is 20.6 Å². The van der Waals surface area contributed by atoms with Crippen molar-refractivity contribution in [3.63, 3.8) is 0 Å². The molecule has 2 bridgehead atoms. The van der Waals surface area contributed by atoms with Crippen LogP contribution >= 0.6 is 12.4 Å². The second kappa shape index (κ2) is 4.68. The molecule has 0 aromatic carbocycles. The average Bonchev–Trinajstić information content (AvgIpc) is 2.51. The maximum Gasteiger partial charge on any atom is 0.312 e. The highest BCUT2D eigenvalue weighted by atomic mass is 35.5. The number of piperidine rings is 1. The summed E-state index contributed by atoms with van der Waals surface area (Å²) in [5, 5.41) is 9.91. The number of ether oxygens (including phenoxy) is 1. The van der Waals surface area contributed by atoms with Crippen LogP contribution in [0, 0.1) is 5.89 Å². The number of methoxy groups -OCH3 is 1. The molecule has 2 fully saturated rings. The van der Waals surface area contributed by atoms with Gasteiger partial charge in [-0.1, -0.05) is 0 Å². The average molecular weight is 237 g/mol. The fraction of sp³-hybridized carbons (Fsp3) is 0.900. The first-order valence-corrected chi connectivity index (χ1v) is 5.00. The summed E-state index contributed by atoms with van der Waals surface area (Å²) in [5.74, 6) is -2.12. The van der Waals surface area contributed by atoms with Gasteiger partial charge in [0.05, 0.1) is 19.1 Å². The first-order valence-electron chi connectivity index (χ1n) is 5.50. The topological polar surface area (TPSA) is 49.8 Å². The molecule has 0 aromatic rings. The number of aliphatic hydroxyl groups excluding tert-OH is 1. The maximum atomic E-state index is 11.6. The van der Waals surface area contributed by atoms with Crippen molar-refractivity contribution in [2.45, 2.75) is 37.5 Å². The van der Waals surface area contributed by atoms with E-state index in [1.807, 2.05) is 11.9 Å². The Balaban J connectivity index is 0.00000128. The van der Waals surface area contributed by atoms with E-state index in [2.05, 4.69) is 4.74 Å². The van der Waals surface area contributed by atoms with Crippen molar-refractivity contribution in [3.8, 4) is 0 Å². The van der Waals surface area contributed by atoms with Gasteiger partial charge in [-0.15, -0.1) is 12.4 Å². The van der Waals surface area contributed by atoms with E-state index in [1.165, 1.54) is 7.11 Å². The number of fused-ring (bicyclic) bond motifs is 2. The number of aliphatic hydroxyl groups is 1. The molecule has 0 radical (unpaired) electrons. The standard InChI is InChI=1S/C10H17NO3.ClH/c1-11-6-3-4-7(11)9(8(12)5-6)10(13)14-2;/h6-9,12H,3-5H2,1-2H3;1H/t6-,7+,8-,9+;/m0./s1/i9D;. The summed E-state index contributed by atoms with van der Waals surface area (Å²) in [6, 6.07) is 0.104. The number of nitrogens with zero attached hydrogens (tertiary/aromatic N) is 1. The van der Waals surface area contributed by atoms with E-state index >= 15 is 0 Å². The predicted octanol–water partition coefficient (Wildman–Crippen LogP) is 0.425. The first-order chi connectivity index (χ1) is 7.01. The largest absolute Gasteiger partial charge is 0.469 e. The second-order valence-corrected chi connectivity index (χ2v) is 4.11. The minimum Gasteiger partial charge on any atom is -0.469 e. The van der Waals surface area contributed by atoms with Crippen LogP contribution in [-0.2, 0) is 9.53 Å². The van der Waals surface area contributed by atoms with E-state index in [0.717, 1.165) is 12.8 Å². The van der Waals surface area contributed by atoms with Gasteiger partial charge in [-0.25, -0.2) is 0 Å². The summed E-state index contributed by atoms with van der Waals surface area (Å²) in [6.07, 6.45) is 1.33. The van der Waals surface area contributed by atoms with Crippen LogP contribution < -0.4 is 0 Å². The van der Waals surface area contributed by atoms with Gasteiger partial charge in [-0.2, -0.15) is 0 Å². The zero-order chi connectivity index (χ0) is 11.2. The van der Waals surface area contributed by atoms with E-state index in [-0.39, 0.29) is 18.4 Å². The molecule has 4 atom stereocenters. The summed E-state index contributed by atoms with van der Waals surface area (Å²) in [7, 11) is 3.19. The predicted molar refractivity (Wildman–Crippen MR) is 58.0 cm³/mol. The van der Waals surface area contributed by atoms with Gasteiger partial charge in [0, 0.05) is 13.5 Å². The van der Waals surface area contributed by atoms with Crippen molar-refractivity contribution in [3.05, 3.63) is 0 Å². The normalized spacial score (nSPS) is 45.5. The molecule has 15 heavy (non-hydrogen) atoms. The lowest BCUT2D eigenvalue weighted by molar-refractivity contribution is -0.155. The third kappa shape index (κ3) is 1.98. The van der Waals surface area contributed by atoms with Crippen LogP contribution in [0.2, 0.25) is 0 Å². The van der Waals surface area contributed by atoms with Crippen LogP contribution in [0.15, 0.2) is 0 Å². The molecule has 4 nitrogen and oxygen atoms in total. The number of carbonyl (C=O) groups excluding carboxylic acids is 1. The van der Waals surface area contributed by atoms with Gasteiger partial charge in [0.2, 0.25) is 0 Å². The van der Waals surface area contributed by atoms with E-state index in [0.29, 0.717) is 12.5 Å². The third-order valence-electron chi connectivity index (χ3n) is 3.48. The molecule has 88 valence electrons. The lowest BCUT2D eigenvalue weighted by Crippen LogP contribution is -2.52. The molecular formula is C10H18ClNO3. The highest BCUT2D eigenvalue weighted by Crippen LogP contribution is 2.38. The van der Waals surface area contributed by atoms with Crippen molar-refractivity contribution in [2.24, 2.45) is 5.89 Å². The molecule has 2 saturated heterocycles. The fourth-order valence-electron chi connectivity index (χ4n) is 2.67. The first kappa shape index (κ1) is 11.2. The second-order valence-electron chi connectivity index (χ2n) is 4.11. The summed E-state index contributed by atoms with van der Waals surface area (Å²) in [5.41, 5.74) is 0. The lowest BCUT2D eigenvalue weighted by Gasteiger charge is -2.39. The molecule has 0 unspecified atom stereocenters. The van der Waals surface area contributed by atoms with Crippen LogP contribution in [0.4, 0.5) is 0 Å². The van der Waals surface area contributed by atoms with Crippen LogP contribution in [-0.4, -0.2) is 48.3 Å². The zero-order valence-corrected chi connectivity index (χ0v) is 9.79. The van der Waals surface area contributed by atoms with E-state index in [1.54, 1.807) is 0 Å². The summed E-state index contributed by atoms with van der Waals surface area (Å²) in [6.45, 7) is 0. The zero-order valence-electron chi connectivity index (χ0n) is 9.97. The number of halogens is 1. The quantitative estimate of drug-likeness (QED) is 0.671. The summed E-state index contributed by atoms with van der Waals surface area (Å²) in [4.78, 5) is 13.7. The van der Waals surface area contributed by atoms with E-state index in [4.69, 9.17) is 1.37 Å². The Morgan fingerprint density at radius 2 is 2.27 bits per heavy atom. The lowest BCUT2D eigenvalue weighted by atomic mass is 9.88. The minimum absolute atomic E-state index is 0. The molecule has 5 heteroatoms. The Hall–Kier alpha value is -0.320. The summed E-state index contributed by atoms with van der Waals surface area (Å²) < 4.78 is 12.8. The Morgan fingerprint density at radius 1 is 1.60 bits per heavy atom. The van der Waals surface area contributed by atoms with Crippen LogP contribution in [0.3, 0.4) is 0 Å². The highest BCUT2D eigenvalue weighted by molar-refractivity contribution is 5.85.